The number of primary sulfonamides is 1. The van der Waals surface area contributed by atoms with E-state index >= 15 is 0 Å². The van der Waals surface area contributed by atoms with E-state index in [0.29, 0.717) is 24.9 Å². The van der Waals surface area contributed by atoms with Crippen LogP contribution in [0.1, 0.15) is 38.3 Å². The summed E-state index contributed by atoms with van der Waals surface area (Å²) in [5.41, 5.74) is 0.533. The second-order valence-corrected chi connectivity index (χ2v) is 10.0. The van der Waals surface area contributed by atoms with Gasteiger partial charge in [0.15, 0.2) is 9.84 Å². The van der Waals surface area contributed by atoms with E-state index in [1.807, 2.05) is 13.8 Å². The van der Waals surface area contributed by atoms with Crippen molar-refractivity contribution in [3.8, 4) is 0 Å². The maximum Gasteiger partial charge on any atom is 0.247 e. The van der Waals surface area contributed by atoms with Gasteiger partial charge in [-0.25, -0.2) is 22.0 Å². The number of nitrogens with two attached hydrogens (primary N) is 1. The molecule has 1 aliphatic heterocycles. The second kappa shape index (κ2) is 5.38. The van der Waals surface area contributed by atoms with Gasteiger partial charge < -0.3 is 5.32 Å². The number of hydrogen-bond acceptors (Lipinski definition) is 6. The fraction of sp³-hybridized carbons (Fsp3) is 0.636. The van der Waals surface area contributed by atoms with Crippen molar-refractivity contribution in [2.75, 3.05) is 6.54 Å². The number of sulfonamides is 1. The minimum Gasteiger partial charge on any atom is -0.310 e. The first kappa shape index (κ1) is 15.9. The van der Waals surface area contributed by atoms with Gasteiger partial charge in [-0.05, 0) is 25.5 Å². The van der Waals surface area contributed by atoms with Crippen LogP contribution >= 0.6 is 11.3 Å². The van der Waals surface area contributed by atoms with Crippen LogP contribution in [0.4, 0.5) is 0 Å². The van der Waals surface area contributed by atoms with E-state index in [2.05, 4.69) is 5.32 Å². The molecule has 20 heavy (non-hydrogen) atoms. The van der Waals surface area contributed by atoms with Gasteiger partial charge in [-0.1, -0.05) is 13.8 Å². The summed E-state index contributed by atoms with van der Waals surface area (Å²) in [6.07, 6.45) is 0.965. The fourth-order valence-electron chi connectivity index (χ4n) is 2.46. The molecule has 0 fully saturated rings. The maximum atomic E-state index is 12.5. The van der Waals surface area contributed by atoms with Crippen molar-refractivity contribution in [3.63, 3.8) is 0 Å². The normalized spacial score (nSPS) is 25.4. The van der Waals surface area contributed by atoms with Crippen LogP contribution < -0.4 is 10.5 Å². The number of rotatable bonds is 4. The summed E-state index contributed by atoms with van der Waals surface area (Å²) in [6, 6.07) is 1.25. The van der Waals surface area contributed by atoms with Crippen molar-refractivity contribution in [2.45, 2.75) is 46.4 Å². The highest BCUT2D eigenvalue weighted by atomic mass is 32.3. The Balaban J connectivity index is 2.64. The molecule has 9 heteroatoms. The molecule has 0 aliphatic carbocycles. The Bertz CT molecular complexity index is 706. The Morgan fingerprint density at radius 3 is 2.60 bits per heavy atom. The van der Waals surface area contributed by atoms with E-state index in [4.69, 9.17) is 5.14 Å². The summed E-state index contributed by atoms with van der Waals surface area (Å²) >= 11 is 0.757. The van der Waals surface area contributed by atoms with Crippen molar-refractivity contribution in [1.82, 2.24) is 5.32 Å². The lowest BCUT2D eigenvalue weighted by atomic mass is 10.0. The maximum absolute atomic E-state index is 12.5. The molecule has 0 spiro atoms. The average Bonchev–Trinajstić information content (AvgIpc) is 2.78. The predicted molar refractivity (Wildman–Crippen MR) is 78.0 cm³/mol. The molecule has 0 radical (unpaired) electrons. The topological polar surface area (TPSA) is 106 Å². The van der Waals surface area contributed by atoms with Crippen LogP contribution in [-0.4, -0.2) is 28.6 Å². The molecule has 0 amide bonds. The molecule has 114 valence electrons. The molecule has 6 nitrogen and oxygen atoms in total. The summed E-state index contributed by atoms with van der Waals surface area (Å²) < 4.78 is 47.9. The summed E-state index contributed by atoms with van der Waals surface area (Å²) in [5.74, 6) is 0. The zero-order valence-corrected chi connectivity index (χ0v) is 13.7. The molecule has 0 bridgehead atoms. The van der Waals surface area contributed by atoms with Crippen molar-refractivity contribution in [3.05, 3.63) is 11.6 Å². The average molecular weight is 338 g/mol. The van der Waals surface area contributed by atoms with Crippen molar-refractivity contribution < 1.29 is 16.8 Å². The first-order valence-corrected chi connectivity index (χ1v) is 10.3. The van der Waals surface area contributed by atoms with Crippen molar-refractivity contribution >= 4 is 31.2 Å². The summed E-state index contributed by atoms with van der Waals surface area (Å²) in [4.78, 5) is 0. The SMILES string of the molecule is CCNC1CC(CC)S(=O)(=O)c2sc(S(N)(=O)=O)cc21. The van der Waals surface area contributed by atoms with Crippen molar-refractivity contribution in [2.24, 2.45) is 5.14 Å². The monoisotopic (exact) mass is 338 g/mol. The van der Waals surface area contributed by atoms with Gasteiger partial charge in [-0.2, -0.15) is 0 Å². The lowest BCUT2D eigenvalue weighted by molar-refractivity contribution is 0.463. The van der Waals surface area contributed by atoms with E-state index < -0.39 is 25.1 Å². The van der Waals surface area contributed by atoms with Crippen LogP contribution in [0, 0.1) is 0 Å². The molecule has 0 saturated heterocycles. The molecule has 3 N–H and O–H groups in total. The minimum absolute atomic E-state index is 0.0919. The van der Waals surface area contributed by atoms with Crippen LogP contribution in [0.2, 0.25) is 0 Å². The molecule has 0 aromatic carbocycles. The Morgan fingerprint density at radius 2 is 2.10 bits per heavy atom. The van der Waals surface area contributed by atoms with E-state index in [1.54, 1.807) is 0 Å². The van der Waals surface area contributed by atoms with Crippen LogP contribution in [-0.2, 0) is 19.9 Å². The summed E-state index contributed by atoms with van der Waals surface area (Å²) in [5, 5.41) is 7.84. The molecule has 2 atom stereocenters. The summed E-state index contributed by atoms with van der Waals surface area (Å²) in [7, 11) is -7.35. The minimum atomic E-state index is -3.88. The first-order chi connectivity index (χ1) is 9.21. The molecule has 0 saturated carbocycles. The van der Waals surface area contributed by atoms with E-state index in [9.17, 15) is 16.8 Å². The van der Waals surface area contributed by atoms with E-state index in [-0.39, 0.29) is 14.5 Å². The Hall–Kier alpha value is -0.480. The van der Waals surface area contributed by atoms with E-state index in [0.717, 1.165) is 11.3 Å². The predicted octanol–water partition coefficient (Wildman–Crippen LogP) is 1.00. The molecule has 1 aromatic rings. The Morgan fingerprint density at radius 1 is 1.45 bits per heavy atom. The smallest absolute Gasteiger partial charge is 0.247 e. The zero-order valence-electron chi connectivity index (χ0n) is 11.3. The van der Waals surface area contributed by atoms with Gasteiger partial charge in [0.25, 0.3) is 0 Å². The fourth-order valence-corrected chi connectivity index (χ4v) is 7.18. The third-order valence-electron chi connectivity index (χ3n) is 3.46. The molecule has 2 heterocycles. The third kappa shape index (κ3) is 2.64. The van der Waals surface area contributed by atoms with Gasteiger partial charge in [-0.3, -0.25) is 0 Å². The number of sulfone groups is 1. The summed E-state index contributed by atoms with van der Waals surface area (Å²) in [6.45, 7) is 4.43. The zero-order chi connectivity index (χ0) is 15.1. The highest BCUT2D eigenvalue weighted by molar-refractivity contribution is 7.95. The van der Waals surface area contributed by atoms with Crippen LogP contribution in [0.15, 0.2) is 14.5 Å². The molecular weight excluding hydrogens is 320 g/mol. The van der Waals surface area contributed by atoms with Gasteiger partial charge in [0.2, 0.25) is 10.0 Å². The van der Waals surface area contributed by atoms with Gasteiger partial charge in [0.05, 0.1) is 5.25 Å². The Labute approximate surface area is 123 Å². The number of thiophene rings is 1. The largest absolute Gasteiger partial charge is 0.310 e. The first-order valence-electron chi connectivity index (χ1n) is 6.35. The molecule has 1 aromatic heterocycles. The van der Waals surface area contributed by atoms with Crippen molar-refractivity contribution in [1.29, 1.82) is 0 Å². The third-order valence-corrected chi connectivity index (χ3v) is 8.93. The van der Waals surface area contributed by atoms with Gasteiger partial charge in [0.1, 0.15) is 8.42 Å². The van der Waals surface area contributed by atoms with Gasteiger partial charge >= 0.3 is 0 Å². The number of nitrogens with one attached hydrogen (secondary N) is 1. The van der Waals surface area contributed by atoms with Crippen LogP contribution in [0.25, 0.3) is 0 Å². The van der Waals surface area contributed by atoms with Crippen LogP contribution in [0.5, 0.6) is 0 Å². The quantitative estimate of drug-likeness (QED) is 0.852. The molecule has 2 rings (SSSR count). The molecular formula is C11H18N2O4S3. The van der Waals surface area contributed by atoms with Crippen LogP contribution in [0.3, 0.4) is 0 Å². The van der Waals surface area contributed by atoms with Gasteiger partial charge in [-0.15, -0.1) is 11.3 Å². The highest BCUT2D eigenvalue weighted by Gasteiger charge is 2.40. The van der Waals surface area contributed by atoms with E-state index in [1.165, 1.54) is 6.07 Å². The molecule has 2 unspecified atom stereocenters. The Kier molecular flexibility index (Phi) is 4.27. The molecule has 1 aliphatic rings. The second-order valence-electron chi connectivity index (χ2n) is 4.77. The highest BCUT2D eigenvalue weighted by Crippen LogP contribution is 2.43. The lowest BCUT2D eigenvalue weighted by Gasteiger charge is -2.29. The van der Waals surface area contributed by atoms with Gasteiger partial charge in [0, 0.05) is 11.6 Å². The number of fused-ring (bicyclic) bond motifs is 1. The standard InChI is InChI=1S/C11H18N2O4S3/c1-3-7-5-9(13-4-2)8-6-10(20(12,16)17)18-11(8)19(7,14)15/h6-7,9,13H,3-5H2,1-2H3,(H2,12,16,17). The lowest BCUT2D eigenvalue weighted by Crippen LogP contribution is -2.34. The number of hydrogen-bond donors (Lipinski definition) is 2.